The quantitative estimate of drug-likeness (QED) is 0.367. The summed E-state index contributed by atoms with van der Waals surface area (Å²) >= 11 is 0. The molecule has 0 radical (unpaired) electrons. The van der Waals surface area contributed by atoms with Crippen LogP contribution in [-0.4, -0.2) is 4.57 Å². The van der Waals surface area contributed by atoms with Crippen LogP contribution in [0.1, 0.15) is 16.7 Å². The van der Waals surface area contributed by atoms with Gasteiger partial charge in [0.05, 0.1) is 17.7 Å². The second-order valence-electron chi connectivity index (χ2n) is 6.36. The smallest absolute Gasteiger partial charge is 0.313 e. The van der Waals surface area contributed by atoms with Crippen molar-refractivity contribution in [1.82, 2.24) is 4.57 Å². The second kappa shape index (κ2) is 7.71. The summed E-state index contributed by atoms with van der Waals surface area (Å²) in [4.78, 5) is 15.5. The molecule has 0 aliphatic heterocycles. The zero-order chi connectivity index (χ0) is 22.1. The highest BCUT2D eigenvalue weighted by Gasteiger charge is 2.36. The third kappa shape index (κ3) is 4.22. The summed E-state index contributed by atoms with van der Waals surface area (Å²) in [6.45, 7) is 6.60. The molecule has 0 N–H and O–H groups in total. The van der Waals surface area contributed by atoms with Gasteiger partial charge in [-0.1, -0.05) is 42.5 Å². The maximum atomic E-state index is 13.4. The molecule has 1 heterocycles. The fraction of sp³-hybridized carbons (Fsp3) is 0.143. The Labute approximate surface area is 166 Å². The number of nitrogens with zero attached hydrogens (tertiary/aromatic N) is 2. The minimum absolute atomic E-state index is 0.0554. The molecule has 3 aromatic rings. The lowest BCUT2D eigenvalue weighted by molar-refractivity contribution is -0.138. The Hall–Kier alpha value is -3.54. The lowest BCUT2D eigenvalue weighted by Gasteiger charge is -2.18. The molecule has 0 amide bonds. The van der Waals surface area contributed by atoms with Gasteiger partial charge in [0.1, 0.15) is 0 Å². The molecule has 30 heavy (non-hydrogen) atoms. The fourth-order valence-electron chi connectivity index (χ4n) is 2.99. The van der Waals surface area contributed by atoms with E-state index >= 15 is 0 Å². The average Bonchev–Trinajstić information content (AvgIpc) is 2.68. The lowest BCUT2D eigenvalue weighted by Crippen LogP contribution is -2.25. The predicted molar refractivity (Wildman–Crippen MR) is 97.9 cm³/mol. The largest absolute Gasteiger partial charge is 0.416 e. The van der Waals surface area contributed by atoms with Gasteiger partial charge in [0.2, 0.25) is 0 Å². The van der Waals surface area contributed by atoms with Gasteiger partial charge in [0.25, 0.3) is 11.2 Å². The summed E-state index contributed by atoms with van der Waals surface area (Å²) in [5.41, 5.74) is -4.54. The van der Waals surface area contributed by atoms with Crippen LogP contribution in [0, 0.1) is 6.57 Å². The van der Waals surface area contributed by atoms with Crippen LogP contribution in [-0.2, 0) is 18.9 Å². The first kappa shape index (κ1) is 21.2. The SMILES string of the molecule is [C-]#[N+]c1c(C(F)(F)F)cc(-c2ccccc2)n(Cc2cccc(C(F)(F)F)c2)c1=O. The molecule has 0 aliphatic carbocycles. The highest BCUT2D eigenvalue weighted by molar-refractivity contribution is 5.66. The molecule has 3 nitrogen and oxygen atoms in total. The number of hydrogen-bond acceptors (Lipinski definition) is 1. The maximum Gasteiger partial charge on any atom is 0.416 e. The van der Waals surface area contributed by atoms with Crippen molar-refractivity contribution in [3.8, 4) is 11.3 Å². The lowest BCUT2D eigenvalue weighted by atomic mass is 10.1. The number of alkyl halides is 6. The number of rotatable bonds is 3. The highest BCUT2D eigenvalue weighted by atomic mass is 19.4. The first-order valence-electron chi connectivity index (χ1n) is 8.46. The number of aromatic nitrogens is 1. The molecule has 9 heteroatoms. The minimum atomic E-state index is -4.95. The molecule has 3 rings (SSSR count). The molecule has 0 spiro atoms. The van der Waals surface area contributed by atoms with E-state index in [1.165, 1.54) is 18.2 Å². The van der Waals surface area contributed by atoms with Crippen LogP contribution < -0.4 is 5.56 Å². The topological polar surface area (TPSA) is 26.4 Å². The number of benzene rings is 2. The Morgan fingerprint density at radius 2 is 1.53 bits per heavy atom. The Morgan fingerprint density at radius 1 is 0.867 bits per heavy atom. The predicted octanol–water partition coefficient (Wildman–Crippen LogP) is 6.15. The van der Waals surface area contributed by atoms with Crippen LogP contribution in [0.4, 0.5) is 32.0 Å². The molecule has 0 bridgehead atoms. The van der Waals surface area contributed by atoms with Gasteiger partial charge < -0.3 is 4.57 Å². The van der Waals surface area contributed by atoms with Gasteiger partial charge in [-0.05, 0) is 29.3 Å². The van der Waals surface area contributed by atoms with E-state index in [4.69, 9.17) is 6.57 Å². The van der Waals surface area contributed by atoms with Crippen LogP contribution in [0.15, 0.2) is 65.5 Å². The summed E-state index contributed by atoms with van der Waals surface area (Å²) in [6.07, 6.45) is -9.57. The molecular weight excluding hydrogens is 410 g/mol. The summed E-state index contributed by atoms with van der Waals surface area (Å²) in [5, 5.41) is 0. The van der Waals surface area contributed by atoms with Crippen molar-refractivity contribution in [2.24, 2.45) is 0 Å². The third-order valence-electron chi connectivity index (χ3n) is 4.36. The van der Waals surface area contributed by atoms with Crippen molar-refractivity contribution in [1.29, 1.82) is 0 Å². The van der Waals surface area contributed by atoms with Gasteiger partial charge >= 0.3 is 12.4 Å². The molecule has 1 aromatic heterocycles. The zero-order valence-corrected chi connectivity index (χ0v) is 15.1. The van der Waals surface area contributed by atoms with E-state index in [0.717, 1.165) is 22.8 Å². The number of pyridine rings is 1. The summed E-state index contributed by atoms with van der Waals surface area (Å²) < 4.78 is 80.2. The van der Waals surface area contributed by atoms with Gasteiger partial charge in [-0.3, -0.25) is 4.79 Å². The van der Waals surface area contributed by atoms with Gasteiger partial charge in [0.15, 0.2) is 0 Å². The van der Waals surface area contributed by atoms with E-state index < -0.39 is 41.3 Å². The maximum absolute atomic E-state index is 13.4. The number of hydrogen-bond donors (Lipinski definition) is 0. The highest BCUT2D eigenvalue weighted by Crippen LogP contribution is 2.37. The van der Waals surface area contributed by atoms with Crippen LogP contribution in [0.5, 0.6) is 0 Å². The monoisotopic (exact) mass is 422 g/mol. The normalized spacial score (nSPS) is 11.9. The minimum Gasteiger partial charge on any atom is -0.313 e. The van der Waals surface area contributed by atoms with Crippen LogP contribution in [0.25, 0.3) is 16.1 Å². The van der Waals surface area contributed by atoms with Crippen LogP contribution in [0.2, 0.25) is 0 Å². The van der Waals surface area contributed by atoms with E-state index in [1.807, 2.05) is 0 Å². The molecule has 0 saturated carbocycles. The molecule has 2 aromatic carbocycles. The summed E-state index contributed by atoms with van der Waals surface area (Å²) in [7, 11) is 0. The van der Waals surface area contributed by atoms with Gasteiger partial charge in [-0.2, -0.15) is 26.3 Å². The van der Waals surface area contributed by atoms with Crippen molar-refractivity contribution in [3.63, 3.8) is 0 Å². The molecular formula is C21H12F6N2O. The van der Waals surface area contributed by atoms with Gasteiger partial charge in [-0.25, -0.2) is 4.85 Å². The first-order chi connectivity index (χ1) is 14.0. The first-order valence-corrected chi connectivity index (χ1v) is 8.46. The second-order valence-corrected chi connectivity index (χ2v) is 6.36. The average molecular weight is 422 g/mol. The van der Waals surface area contributed by atoms with E-state index in [1.54, 1.807) is 18.2 Å². The third-order valence-corrected chi connectivity index (χ3v) is 4.36. The summed E-state index contributed by atoms with van der Waals surface area (Å²) in [6, 6.07) is 12.5. The van der Waals surface area contributed by atoms with E-state index in [-0.39, 0.29) is 16.8 Å². The molecule has 0 unspecified atom stereocenters. The molecule has 154 valence electrons. The van der Waals surface area contributed by atoms with Crippen molar-refractivity contribution < 1.29 is 26.3 Å². The Kier molecular flexibility index (Phi) is 5.44. The standard InChI is InChI=1S/C21H12F6N2O/c1-28-18-16(21(25,26)27)11-17(14-7-3-2-4-8-14)29(19(18)30)12-13-6-5-9-15(10-13)20(22,23)24/h2-11H,12H2. The molecule has 0 fully saturated rings. The van der Waals surface area contributed by atoms with Crippen molar-refractivity contribution in [2.75, 3.05) is 0 Å². The number of halogens is 6. The van der Waals surface area contributed by atoms with Gasteiger partial charge in [-0.15, -0.1) is 0 Å². The van der Waals surface area contributed by atoms with Crippen molar-refractivity contribution in [2.45, 2.75) is 18.9 Å². The van der Waals surface area contributed by atoms with Crippen molar-refractivity contribution in [3.05, 3.63) is 99.1 Å². The summed E-state index contributed by atoms with van der Waals surface area (Å²) in [5.74, 6) is 0. The van der Waals surface area contributed by atoms with Gasteiger partial charge in [0, 0.05) is 12.2 Å². The Morgan fingerprint density at radius 3 is 2.10 bits per heavy atom. The Bertz CT molecular complexity index is 1170. The van der Waals surface area contributed by atoms with Crippen LogP contribution in [0.3, 0.4) is 0 Å². The zero-order valence-electron chi connectivity index (χ0n) is 15.1. The van der Waals surface area contributed by atoms with Crippen molar-refractivity contribution >= 4 is 5.69 Å². The van der Waals surface area contributed by atoms with Crippen LogP contribution >= 0.6 is 0 Å². The molecule has 0 atom stereocenters. The van der Waals surface area contributed by atoms with E-state index in [2.05, 4.69) is 4.85 Å². The molecule has 0 aliphatic rings. The molecule has 0 saturated heterocycles. The van der Waals surface area contributed by atoms with E-state index in [9.17, 15) is 31.1 Å². The Balaban J connectivity index is 2.26. The fourth-order valence-corrected chi connectivity index (χ4v) is 2.99. The van der Waals surface area contributed by atoms with E-state index in [0.29, 0.717) is 6.07 Å².